The fourth-order valence-electron chi connectivity index (χ4n) is 2.85. The fourth-order valence-corrected chi connectivity index (χ4v) is 3.77. The number of hydrogen-bond donors (Lipinski definition) is 2. The molecule has 7 heteroatoms. The molecule has 3 heterocycles. The number of morpholine rings is 1. The van der Waals surface area contributed by atoms with Gasteiger partial charge in [-0.3, -0.25) is 4.79 Å². The van der Waals surface area contributed by atoms with Crippen LogP contribution in [0.4, 0.5) is 11.6 Å². The Hall–Kier alpha value is -2.35. The zero-order valence-corrected chi connectivity index (χ0v) is 14.3. The number of nitrogens with zero attached hydrogens (tertiary/aromatic N) is 1. The van der Waals surface area contributed by atoms with E-state index in [1.54, 1.807) is 5.38 Å². The Kier molecular flexibility index (Phi) is 4.44. The molecule has 1 unspecified atom stereocenters. The molecule has 2 aromatic heterocycles. The summed E-state index contributed by atoms with van der Waals surface area (Å²) < 4.78 is 11.9. The number of thiophene rings is 1. The molecule has 1 saturated heterocycles. The number of benzene rings is 1. The van der Waals surface area contributed by atoms with E-state index in [4.69, 9.17) is 9.15 Å². The molecule has 0 spiro atoms. The van der Waals surface area contributed by atoms with Crippen molar-refractivity contribution in [1.29, 1.82) is 0 Å². The first-order valence-electron chi connectivity index (χ1n) is 8.10. The molecule has 25 heavy (non-hydrogen) atoms. The molecule has 6 nitrogen and oxygen atoms in total. The largest absolute Gasteiger partial charge is 0.439 e. The van der Waals surface area contributed by atoms with Gasteiger partial charge >= 0.3 is 0 Å². The highest BCUT2D eigenvalue weighted by molar-refractivity contribution is 7.17. The Labute approximate surface area is 148 Å². The van der Waals surface area contributed by atoms with Gasteiger partial charge in [0.2, 0.25) is 5.43 Å². The zero-order chi connectivity index (χ0) is 17.2. The lowest BCUT2D eigenvalue weighted by Gasteiger charge is -2.27. The number of hydrogen-bond acceptors (Lipinski definition) is 7. The Morgan fingerprint density at radius 2 is 1.96 bits per heavy atom. The summed E-state index contributed by atoms with van der Waals surface area (Å²) in [7, 11) is 0. The van der Waals surface area contributed by atoms with Gasteiger partial charge in [0.15, 0.2) is 17.7 Å². The summed E-state index contributed by atoms with van der Waals surface area (Å²) in [5, 5.41) is 15.3. The molecule has 0 aliphatic carbocycles. The molecule has 2 N–H and O–H groups in total. The second kappa shape index (κ2) is 6.87. The molecule has 1 aliphatic heterocycles. The van der Waals surface area contributed by atoms with Crippen molar-refractivity contribution < 1.29 is 14.3 Å². The number of nitrogens with one attached hydrogen (secondary N) is 1. The molecule has 1 atom stereocenters. The lowest BCUT2D eigenvalue weighted by Crippen LogP contribution is -2.36. The Balaban J connectivity index is 1.69. The minimum Gasteiger partial charge on any atom is -0.439 e. The molecule has 4 rings (SSSR count). The highest BCUT2D eigenvalue weighted by Crippen LogP contribution is 2.32. The first kappa shape index (κ1) is 16.1. The first-order chi connectivity index (χ1) is 12.2. The number of fused-ring (bicyclic) bond motifs is 1. The van der Waals surface area contributed by atoms with Crippen LogP contribution >= 0.6 is 11.3 Å². The van der Waals surface area contributed by atoms with Gasteiger partial charge in [-0.2, -0.15) is 0 Å². The van der Waals surface area contributed by atoms with Gasteiger partial charge in [0.25, 0.3) is 0 Å². The van der Waals surface area contributed by atoms with Gasteiger partial charge in [0.1, 0.15) is 4.70 Å². The van der Waals surface area contributed by atoms with E-state index in [0.717, 1.165) is 5.69 Å². The minimum atomic E-state index is -0.959. The highest BCUT2D eigenvalue weighted by atomic mass is 32.1. The predicted octanol–water partition coefficient (Wildman–Crippen LogP) is 2.79. The molecule has 0 amide bonds. The van der Waals surface area contributed by atoms with Crippen molar-refractivity contribution in [2.24, 2.45) is 0 Å². The highest BCUT2D eigenvalue weighted by Gasteiger charge is 2.21. The van der Waals surface area contributed by atoms with E-state index in [9.17, 15) is 9.90 Å². The molecular weight excluding hydrogens is 340 g/mol. The van der Waals surface area contributed by atoms with Crippen LogP contribution in [0.3, 0.4) is 0 Å². The van der Waals surface area contributed by atoms with E-state index >= 15 is 0 Å². The number of anilines is 2. The topological polar surface area (TPSA) is 74.9 Å². The smallest absolute Gasteiger partial charge is 0.204 e. The lowest BCUT2D eigenvalue weighted by atomic mass is 10.2. The SMILES string of the molecule is O=c1cc(N2CCOCC2)oc2c(C(O)Nc3ccccc3)csc12. The maximum atomic E-state index is 12.4. The minimum absolute atomic E-state index is 0.0918. The van der Waals surface area contributed by atoms with Crippen LogP contribution in [-0.2, 0) is 4.74 Å². The number of para-hydroxylation sites is 1. The van der Waals surface area contributed by atoms with Crippen LogP contribution in [0.1, 0.15) is 11.8 Å². The molecule has 1 aromatic carbocycles. The third-order valence-electron chi connectivity index (χ3n) is 4.15. The number of aliphatic hydroxyl groups excluding tert-OH is 1. The van der Waals surface area contributed by atoms with E-state index in [1.165, 1.54) is 17.4 Å². The Morgan fingerprint density at radius 3 is 2.72 bits per heavy atom. The predicted molar refractivity (Wildman–Crippen MR) is 98.4 cm³/mol. The van der Waals surface area contributed by atoms with Crippen molar-refractivity contribution in [1.82, 2.24) is 0 Å². The molecule has 3 aromatic rings. The second-order valence-corrected chi connectivity index (χ2v) is 6.69. The van der Waals surface area contributed by atoms with Crippen LogP contribution in [0.15, 0.2) is 51.0 Å². The van der Waals surface area contributed by atoms with Crippen molar-refractivity contribution in [3.05, 3.63) is 57.6 Å². The monoisotopic (exact) mass is 358 g/mol. The van der Waals surface area contributed by atoms with E-state index in [-0.39, 0.29) is 5.43 Å². The Bertz CT molecular complexity index is 916. The average molecular weight is 358 g/mol. The van der Waals surface area contributed by atoms with Gasteiger partial charge in [-0.1, -0.05) is 18.2 Å². The van der Waals surface area contributed by atoms with Gasteiger partial charge in [-0.15, -0.1) is 11.3 Å². The van der Waals surface area contributed by atoms with Crippen molar-refractivity contribution in [2.45, 2.75) is 6.23 Å². The van der Waals surface area contributed by atoms with Gasteiger partial charge in [-0.05, 0) is 12.1 Å². The third kappa shape index (κ3) is 3.26. The van der Waals surface area contributed by atoms with Crippen molar-refractivity contribution in [3.8, 4) is 0 Å². The van der Waals surface area contributed by atoms with Crippen LogP contribution in [0.5, 0.6) is 0 Å². The summed E-state index contributed by atoms with van der Waals surface area (Å²) in [4.78, 5) is 14.4. The summed E-state index contributed by atoms with van der Waals surface area (Å²) in [6, 6.07) is 10.9. The average Bonchev–Trinajstić information content (AvgIpc) is 3.08. The molecule has 0 bridgehead atoms. The normalized spacial score (nSPS) is 16.1. The van der Waals surface area contributed by atoms with Crippen molar-refractivity contribution >= 4 is 33.2 Å². The first-order valence-corrected chi connectivity index (χ1v) is 8.98. The van der Waals surface area contributed by atoms with E-state index in [2.05, 4.69) is 5.32 Å². The van der Waals surface area contributed by atoms with Crippen LogP contribution < -0.4 is 15.6 Å². The number of rotatable bonds is 4. The zero-order valence-electron chi connectivity index (χ0n) is 13.5. The number of aliphatic hydroxyl groups is 1. The van der Waals surface area contributed by atoms with Gasteiger partial charge in [-0.25, -0.2) is 0 Å². The van der Waals surface area contributed by atoms with E-state index in [1.807, 2.05) is 35.2 Å². The summed E-state index contributed by atoms with van der Waals surface area (Å²) in [6.45, 7) is 2.57. The van der Waals surface area contributed by atoms with Crippen LogP contribution in [0.2, 0.25) is 0 Å². The van der Waals surface area contributed by atoms with Crippen molar-refractivity contribution in [2.75, 3.05) is 36.5 Å². The van der Waals surface area contributed by atoms with Crippen LogP contribution in [-0.4, -0.2) is 31.4 Å². The Morgan fingerprint density at radius 1 is 1.20 bits per heavy atom. The van der Waals surface area contributed by atoms with Crippen molar-refractivity contribution in [3.63, 3.8) is 0 Å². The summed E-state index contributed by atoms with van der Waals surface area (Å²) in [5.41, 5.74) is 1.71. The summed E-state index contributed by atoms with van der Waals surface area (Å²) in [5.74, 6) is 0.521. The fraction of sp³-hybridized carbons (Fsp3) is 0.278. The quantitative estimate of drug-likeness (QED) is 0.699. The standard InChI is InChI=1S/C18H18N2O4S/c21-14-10-15(20-6-8-23-9-7-20)24-16-13(11-25-17(14)16)18(22)19-12-4-2-1-3-5-12/h1-5,10-11,18-19,22H,6-9H2. The van der Waals surface area contributed by atoms with Gasteiger partial charge in [0.05, 0.1) is 18.8 Å². The lowest BCUT2D eigenvalue weighted by molar-refractivity contribution is 0.120. The van der Waals surface area contributed by atoms with Gasteiger partial charge in [0, 0.05) is 30.2 Å². The van der Waals surface area contributed by atoms with Crippen LogP contribution in [0, 0.1) is 0 Å². The second-order valence-electron chi connectivity index (χ2n) is 5.81. The van der Waals surface area contributed by atoms with E-state index < -0.39 is 6.23 Å². The van der Waals surface area contributed by atoms with Crippen LogP contribution in [0.25, 0.3) is 10.3 Å². The molecular formula is C18H18N2O4S. The molecule has 0 saturated carbocycles. The molecule has 0 radical (unpaired) electrons. The molecule has 1 fully saturated rings. The maximum absolute atomic E-state index is 12.4. The molecule has 130 valence electrons. The van der Waals surface area contributed by atoms with Gasteiger partial charge < -0.3 is 24.5 Å². The molecule has 1 aliphatic rings. The maximum Gasteiger partial charge on any atom is 0.204 e. The summed E-state index contributed by atoms with van der Waals surface area (Å²) >= 11 is 1.29. The van der Waals surface area contributed by atoms with E-state index in [0.29, 0.717) is 48.0 Å². The summed E-state index contributed by atoms with van der Waals surface area (Å²) in [6.07, 6.45) is -0.959. The third-order valence-corrected chi connectivity index (χ3v) is 5.15. The number of ether oxygens (including phenoxy) is 1.